The van der Waals surface area contributed by atoms with Crippen LogP contribution >= 0.6 is 12.2 Å². The first-order valence-electron chi connectivity index (χ1n) is 11.2. The Morgan fingerprint density at radius 3 is 2.33 bits per heavy atom. The van der Waals surface area contributed by atoms with Crippen molar-refractivity contribution in [3.63, 3.8) is 0 Å². The highest BCUT2D eigenvalue weighted by molar-refractivity contribution is 7.80. The molecular weight excluding hydrogens is 390 g/mol. The molecule has 2 N–H and O–H groups in total. The van der Waals surface area contributed by atoms with Crippen LogP contribution in [0.1, 0.15) is 38.7 Å². The second kappa shape index (κ2) is 9.65. The second-order valence-corrected chi connectivity index (χ2v) is 9.33. The predicted molar refractivity (Wildman–Crippen MR) is 130 cm³/mol. The van der Waals surface area contributed by atoms with Crippen molar-refractivity contribution >= 4 is 34.5 Å². The van der Waals surface area contributed by atoms with Crippen molar-refractivity contribution in [1.82, 2.24) is 10.3 Å². The lowest BCUT2D eigenvalue weighted by Gasteiger charge is -2.35. The second-order valence-electron chi connectivity index (χ2n) is 8.92. The summed E-state index contributed by atoms with van der Waals surface area (Å²) in [5.41, 5.74) is 3.46. The average molecular weight is 424 g/mol. The van der Waals surface area contributed by atoms with Crippen molar-refractivity contribution in [2.24, 2.45) is 11.8 Å². The number of pyridine rings is 1. The molecular formula is C24H33N5S. The molecule has 2 aliphatic rings. The van der Waals surface area contributed by atoms with E-state index in [4.69, 9.17) is 12.2 Å². The van der Waals surface area contributed by atoms with Gasteiger partial charge in [-0.2, -0.15) is 0 Å². The van der Waals surface area contributed by atoms with Gasteiger partial charge in [0.2, 0.25) is 0 Å². The Hall–Kier alpha value is -2.34. The van der Waals surface area contributed by atoms with E-state index in [9.17, 15) is 0 Å². The zero-order valence-electron chi connectivity index (χ0n) is 18.1. The van der Waals surface area contributed by atoms with Crippen LogP contribution in [0, 0.1) is 11.8 Å². The van der Waals surface area contributed by atoms with Crippen LogP contribution in [0.15, 0.2) is 42.6 Å². The van der Waals surface area contributed by atoms with Crippen LogP contribution in [0.3, 0.4) is 0 Å². The van der Waals surface area contributed by atoms with Gasteiger partial charge in [0.1, 0.15) is 5.82 Å². The number of nitrogens with zero attached hydrogens (tertiary/aromatic N) is 3. The van der Waals surface area contributed by atoms with Crippen molar-refractivity contribution in [2.75, 3.05) is 41.3 Å². The third-order valence-corrected chi connectivity index (χ3v) is 6.31. The van der Waals surface area contributed by atoms with E-state index in [1.807, 2.05) is 6.20 Å². The van der Waals surface area contributed by atoms with Gasteiger partial charge in [-0.05, 0) is 73.1 Å². The van der Waals surface area contributed by atoms with Crippen molar-refractivity contribution in [1.29, 1.82) is 0 Å². The quantitative estimate of drug-likeness (QED) is 0.683. The van der Waals surface area contributed by atoms with Gasteiger partial charge >= 0.3 is 0 Å². The Morgan fingerprint density at radius 1 is 1.00 bits per heavy atom. The highest BCUT2D eigenvalue weighted by Crippen LogP contribution is 2.25. The molecule has 0 amide bonds. The zero-order valence-corrected chi connectivity index (χ0v) is 18.9. The summed E-state index contributed by atoms with van der Waals surface area (Å²) in [5, 5.41) is 7.16. The van der Waals surface area contributed by atoms with Gasteiger partial charge in [0.25, 0.3) is 0 Å². The third kappa shape index (κ3) is 5.42. The van der Waals surface area contributed by atoms with Crippen LogP contribution in [0.5, 0.6) is 0 Å². The molecule has 0 radical (unpaired) electrons. The Bertz CT molecular complexity index is 820. The summed E-state index contributed by atoms with van der Waals surface area (Å²) in [6, 6.07) is 12.9. The number of hydrogen-bond acceptors (Lipinski definition) is 4. The van der Waals surface area contributed by atoms with Gasteiger partial charge in [0, 0.05) is 38.4 Å². The van der Waals surface area contributed by atoms with E-state index in [1.165, 1.54) is 43.6 Å². The molecule has 1 aromatic carbocycles. The Kier molecular flexibility index (Phi) is 6.72. The topological polar surface area (TPSA) is 43.4 Å². The first kappa shape index (κ1) is 20.9. The van der Waals surface area contributed by atoms with Gasteiger partial charge in [-0.25, -0.2) is 4.98 Å². The summed E-state index contributed by atoms with van der Waals surface area (Å²) in [7, 11) is 0. The van der Waals surface area contributed by atoms with Crippen molar-refractivity contribution in [2.45, 2.75) is 39.7 Å². The highest BCUT2D eigenvalue weighted by Gasteiger charge is 2.22. The minimum atomic E-state index is 0.619. The van der Waals surface area contributed by atoms with E-state index >= 15 is 0 Å². The molecule has 2 fully saturated rings. The predicted octanol–water partition coefficient (Wildman–Crippen LogP) is 4.65. The Labute approximate surface area is 185 Å². The van der Waals surface area contributed by atoms with E-state index in [2.05, 4.69) is 75.7 Å². The van der Waals surface area contributed by atoms with E-state index in [0.29, 0.717) is 11.7 Å². The fourth-order valence-electron chi connectivity index (χ4n) is 4.65. The lowest BCUT2D eigenvalue weighted by molar-refractivity contribution is 0.355. The molecule has 0 bridgehead atoms. The van der Waals surface area contributed by atoms with Crippen LogP contribution in [-0.4, -0.2) is 36.3 Å². The molecule has 0 aliphatic carbocycles. The van der Waals surface area contributed by atoms with Crippen LogP contribution in [0.25, 0.3) is 0 Å². The van der Waals surface area contributed by atoms with E-state index in [0.717, 1.165) is 36.4 Å². The number of nitrogens with one attached hydrogen (secondary N) is 2. The SMILES string of the molecule is C[C@@H]1C[C@@H](C)CN(c2ccc(NC(=S)NCc3ccc(N4CCCC4)cc3)cn2)C1. The first-order valence-corrected chi connectivity index (χ1v) is 11.6. The maximum Gasteiger partial charge on any atom is 0.171 e. The molecule has 5 nitrogen and oxygen atoms in total. The van der Waals surface area contributed by atoms with Gasteiger partial charge in [-0.15, -0.1) is 0 Å². The molecule has 2 atom stereocenters. The van der Waals surface area contributed by atoms with Crippen molar-refractivity contribution < 1.29 is 0 Å². The maximum absolute atomic E-state index is 5.47. The summed E-state index contributed by atoms with van der Waals surface area (Å²) in [6.45, 7) is 9.87. The van der Waals surface area contributed by atoms with Crippen LogP contribution < -0.4 is 20.4 Å². The number of benzene rings is 1. The minimum absolute atomic E-state index is 0.619. The monoisotopic (exact) mass is 423 g/mol. The average Bonchev–Trinajstić information content (AvgIpc) is 3.27. The number of aromatic nitrogens is 1. The molecule has 1 aromatic heterocycles. The van der Waals surface area contributed by atoms with Crippen molar-refractivity contribution in [3.05, 3.63) is 48.2 Å². The molecule has 6 heteroatoms. The highest BCUT2D eigenvalue weighted by atomic mass is 32.1. The number of anilines is 3. The molecule has 0 saturated carbocycles. The number of piperidine rings is 1. The molecule has 160 valence electrons. The molecule has 4 rings (SSSR count). The fraction of sp³-hybridized carbons (Fsp3) is 0.500. The normalized spacial score (nSPS) is 21.5. The number of hydrogen-bond donors (Lipinski definition) is 2. The summed E-state index contributed by atoms with van der Waals surface area (Å²) in [5.74, 6) is 2.49. The molecule has 3 heterocycles. The summed E-state index contributed by atoms with van der Waals surface area (Å²) in [6.07, 6.45) is 5.78. The van der Waals surface area contributed by atoms with Gasteiger partial charge < -0.3 is 20.4 Å². The molecule has 2 aromatic rings. The van der Waals surface area contributed by atoms with Crippen LogP contribution in [0.4, 0.5) is 17.2 Å². The lowest BCUT2D eigenvalue weighted by Crippen LogP contribution is -2.39. The largest absolute Gasteiger partial charge is 0.372 e. The van der Waals surface area contributed by atoms with Crippen LogP contribution in [-0.2, 0) is 6.54 Å². The molecule has 0 spiro atoms. The lowest BCUT2D eigenvalue weighted by atomic mass is 9.92. The smallest absolute Gasteiger partial charge is 0.171 e. The first-order chi connectivity index (χ1) is 14.6. The number of thiocarbonyl (C=S) groups is 1. The maximum atomic E-state index is 5.47. The summed E-state index contributed by atoms with van der Waals surface area (Å²) >= 11 is 5.47. The Morgan fingerprint density at radius 2 is 1.70 bits per heavy atom. The molecule has 30 heavy (non-hydrogen) atoms. The van der Waals surface area contributed by atoms with E-state index < -0.39 is 0 Å². The van der Waals surface area contributed by atoms with E-state index in [-0.39, 0.29) is 0 Å². The summed E-state index contributed by atoms with van der Waals surface area (Å²) in [4.78, 5) is 9.50. The fourth-order valence-corrected chi connectivity index (χ4v) is 4.84. The number of rotatable bonds is 5. The van der Waals surface area contributed by atoms with Gasteiger partial charge in [0.15, 0.2) is 5.11 Å². The zero-order chi connectivity index (χ0) is 20.9. The van der Waals surface area contributed by atoms with Crippen molar-refractivity contribution in [3.8, 4) is 0 Å². The third-order valence-electron chi connectivity index (χ3n) is 6.06. The van der Waals surface area contributed by atoms with Gasteiger partial charge in [0.05, 0.1) is 11.9 Å². The van der Waals surface area contributed by atoms with Crippen LogP contribution in [0.2, 0.25) is 0 Å². The molecule has 2 aliphatic heterocycles. The molecule has 2 saturated heterocycles. The molecule has 0 unspecified atom stereocenters. The standard InChI is InChI=1S/C24H33N5S/c1-18-13-19(2)17-29(16-18)23-10-7-21(15-25-23)27-24(30)26-14-20-5-8-22(9-6-20)28-11-3-4-12-28/h5-10,15,18-19H,3-4,11-14,16-17H2,1-2H3,(H2,26,27,30)/t18-,19-/m1/s1. The summed E-state index contributed by atoms with van der Waals surface area (Å²) < 4.78 is 0. The van der Waals surface area contributed by atoms with E-state index in [1.54, 1.807) is 0 Å². The Balaban J connectivity index is 1.25. The van der Waals surface area contributed by atoms with Gasteiger partial charge in [-0.1, -0.05) is 26.0 Å². The minimum Gasteiger partial charge on any atom is -0.372 e. The van der Waals surface area contributed by atoms with Gasteiger partial charge in [-0.3, -0.25) is 0 Å².